The molecule has 1 saturated carbocycles. The summed E-state index contributed by atoms with van der Waals surface area (Å²) in [6.45, 7) is 0.477. The van der Waals surface area contributed by atoms with Crippen LogP contribution in [0.25, 0.3) is 10.9 Å². The number of H-pyrrole nitrogens is 1. The van der Waals surface area contributed by atoms with E-state index in [1.165, 1.54) is 0 Å². The first-order chi connectivity index (χ1) is 20.4. The number of fused-ring (bicyclic) bond motifs is 1. The van der Waals surface area contributed by atoms with Gasteiger partial charge < -0.3 is 26.3 Å². The first kappa shape index (κ1) is 29.0. The number of rotatable bonds is 11. The van der Waals surface area contributed by atoms with Crippen molar-refractivity contribution in [1.29, 1.82) is 0 Å². The second-order valence-electron chi connectivity index (χ2n) is 11.2. The van der Waals surface area contributed by atoms with Crippen molar-refractivity contribution < 1.29 is 24.0 Å². The fourth-order valence-electron chi connectivity index (χ4n) is 5.82. The molecule has 5 rings (SSSR count). The fraction of sp³-hybridized carbons (Fsp3) is 0.406. The predicted octanol–water partition coefficient (Wildman–Crippen LogP) is 2.54. The molecule has 5 N–H and O–H groups in total. The SMILES string of the molecule is O=C(NC1CCCCC1)C(=O)[C@H](C[C@@H]1CCNC1=O)NC(=O)[C@H](Cc1ccccc1)NC(=O)c1ccc2[nH]ccc2c1. The molecule has 3 aromatic rings. The summed E-state index contributed by atoms with van der Waals surface area (Å²) in [5.74, 6) is -3.29. The third kappa shape index (κ3) is 7.23. The molecule has 1 aliphatic heterocycles. The van der Waals surface area contributed by atoms with Gasteiger partial charge in [-0.3, -0.25) is 24.0 Å². The van der Waals surface area contributed by atoms with Crippen molar-refractivity contribution in [3.63, 3.8) is 0 Å². The molecule has 3 atom stereocenters. The molecule has 0 unspecified atom stereocenters. The summed E-state index contributed by atoms with van der Waals surface area (Å²) in [5.41, 5.74) is 2.08. The summed E-state index contributed by atoms with van der Waals surface area (Å²) in [6.07, 6.45) is 7.15. The smallest absolute Gasteiger partial charge is 0.289 e. The Morgan fingerprint density at radius 2 is 1.67 bits per heavy atom. The van der Waals surface area contributed by atoms with Crippen LogP contribution in [0.5, 0.6) is 0 Å². The zero-order valence-electron chi connectivity index (χ0n) is 23.5. The number of benzene rings is 2. The number of ketones is 1. The molecule has 2 fully saturated rings. The maximum absolute atomic E-state index is 13.8. The first-order valence-corrected chi connectivity index (χ1v) is 14.7. The van der Waals surface area contributed by atoms with E-state index < -0.39 is 41.5 Å². The van der Waals surface area contributed by atoms with E-state index in [9.17, 15) is 24.0 Å². The van der Waals surface area contributed by atoms with E-state index in [1.807, 2.05) is 36.4 Å². The molecule has 42 heavy (non-hydrogen) atoms. The lowest BCUT2D eigenvalue weighted by Gasteiger charge is -2.26. The number of aromatic nitrogens is 1. The largest absolute Gasteiger partial charge is 0.361 e. The van der Waals surface area contributed by atoms with Crippen molar-refractivity contribution in [2.75, 3.05) is 6.54 Å². The maximum Gasteiger partial charge on any atom is 0.289 e. The topological polar surface area (TPSA) is 149 Å². The average Bonchev–Trinajstić information content (AvgIpc) is 3.65. The van der Waals surface area contributed by atoms with Gasteiger partial charge in [-0.1, -0.05) is 49.6 Å². The summed E-state index contributed by atoms with van der Waals surface area (Å²) >= 11 is 0. The van der Waals surface area contributed by atoms with Gasteiger partial charge in [0.1, 0.15) is 6.04 Å². The Labute approximate surface area is 244 Å². The van der Waals surface area contributed by atoms with Crippen LogP contribution in [0.15, 0.2) is 60.8 Å². The van der Waals surface area contributed by atoms with Crippen LogP contribution in [0.1, 0.15) is 60.9 Å². The Balaban J connectivity index is 1.34. The number of nitrogens with one attached hydrogen (secondary N) is 5. The Morgan fingerprint density at radius 3 is 2.40 bits per heavy atom. The van der Waals surface area contributed by atoms with E-state index >= 15 is 0 Å². The first-order valence-electron chi connectivity index (χ1n) is 14.7. The summed E-state index contributed by atoms with van der Waals surface area (Å²) in [7, 11) is 0. The van der Waals surface area contributed by atoms with Gasteiger partial charge in [-0.15, -0.1) is 0 Å². The molecule has 0 bridgehead atoms. The molecule has 1 saturated heterocycles. The minimum Gasteiger partial charge on any atom is -0.361 e. The predicted molar refractivity (Wildman–Crippen MR) is 157 cm³/mol. The van der Waals surface area contributed by atoms with Crippen LogP contribution in [0.4, 0.5) is 0 Å². The lowest BCUT2D eigenvalue weighted by Crippen LogP contribution is -2.55. The fourth-order valence-corrected chi connectivity index (χ4v) is 5.82. The molecule has 1 aromatic heterocycles. The summed E-state index contributed by atoms with van der Waals surface area (Å²) in [4.78, 5) is 68.9. The molecule has 4 amide bonds. The quantitative estimate of drug-likeness (QED) is 0.224. The zero-order chi connectivity index (χ0) is 29.5. The molecule has 2 heterocycles. The molecule has 2 aliphatic rings. The Morgan fingerprint density at radius 1 is 0.881 bits per heavy atom. The van der Waals surface area contributed by atoms with Gasteiger partial charge in [0, 0.05) is 47.6 Å². The van der Waals surface area contributed by atoms with Crippen LogP contribution in [-0.2, 0) is 25.6 Å². The van der Waals surface area contributed by atoms with Gasteiger partial charge in [0.25, 0.3) is 11.8 Å². The molecule has 1 aliphatic carbocycles. The lowest BCUT2D eigenvalue weighted by molar-refractivity contribution is -0.141. The van der Waals surface area contributed by atoms with Crippen LogP contribution < -0.4 is 21.3 Å². The minimum atomic E-state index is -1.21. The van der Waals surface area contributed by atoms with Crippen molar-refractivity contribution >= 4 is 40.3 Å². The number of hydrogen-bond acceptors (Lipinski definition) is 5. The van der Waals surface area contributed by atoms with Crippen LogP contribution in [0.3, 0.4) is 0 Å². The number of hydrogen-bond donors (Lipinski definition) is 5. The van der Waals surface area contributed by atoms with Crippen molar-refractivity contribution in [1.82, 2.24) is 26.3 Å². The third-order valence-electron chi connectivity index (χ3n) is 8.20. The third-order valence-corrected chi connectivity index (χ3v) is 8.20. The maximum atomic E-state index is 13.8. The minimum absolute atomic E-state index is 0.00462. The van der Waals surface area contributed by atoms with Crippen molar-refractivity contribution in [3.05, 3.63) is 71.9 Å². The van der Waals surface area contributed by atoms with E-state index in [1.54, 1.807) is 24.4 Å². The highest BCUT2D eigenvalue weighted by atomic mass is 16.2. The van der Waals surface area contributed by atoms with Gasteiger partial charge in [-0.05, 0) is 55.5 Å². The van der Waals surface area contributed by atoms with Gasteiger partial charge in [0.05, 0.1) is 6.04 Å². The summed E-state index contributed by atoms with van der Waals surface area (Å²) in [5, 5.41) is 12.0. The van der Waals surface area contributed by atoms with Crippen molar-refractivity contribution in [2.24, 2.45) is 5.92 Å². The van der Waals surface area contributed by atoms with Crippen molar-refractivity contribution in [2.45, 2.75) is 69.5 Å². The highest BCUT2D eigenvalue weighted by Gasteiger charge is 2.36. The molecule has 220 valence electrons. The molecule has 0 spiro atoms. The summed E-state index contributed by atoms with van der Waals surface area (Å²) in [6, 6.07) is 14.0. The Hall–Kier alpha value is -4.47. The lowest BCUT2D eigenvalue weighted by atomic mass is 9.93. The Bertz CT molecular complexity index is 1450. The molecule has 0 radical (unpaired) electrons. The summed E-state index contributed by atoms with van der Waals surface area (Å²) < 4.78 is 0. The monoisotopic (exact) mass is 571 g/mol. The normalized spacial score (nSPS) is 18.6. The molecule has 10 heteroatoms. The highest BCUT2D eigenvalue weighted by molar-refractivity contribution is 6.38. The van der Waals surface area contributed by atoms with Crippen LogP contribution in [0.2, 0.25) is 0 Å². The van der Waals surface area contributed by atoms with Gasteiger partial charge in [-0.25, -0.2) is 0 Å². The second kappa shape index (κ2) is 13.5. The van der Waals surface area contributed by atoms with E-state index in [0.29, 0.717) is 18.5 Å². The zero-order valence-corrected chi connectivity index (χ0v) is 23.5. The number of amides is 4. The number of carbonyl (C=O) groups is 5. The number of aromatic amines is 1. The highest BCUT2D eigenvalue weighted by Crippen LogP contribution is 2.20. The van der Waals surface area contributed by atoms with E-state index in [2.05, 4.69) is 26.3 Å². The van der Waals surface area contributed by atoms with Gasteiger partial charge in [0.2, 0.25) is 17.6 Å². The van der Waals surface area contributed by atoms with Crippen LogP contribution in [0, 0.1) is 5.92 Å². The second-order valence-corrected chi connectivity index (χ2v) is 11.2. The molecule has 2 aromatic carbocycles. The van der Waals surface area contributed by atoms with Gasteiger partial charge in [-0.2, -0.15) is 0 Å². The van der Waals surface area contributed by atoms with Crippen molar-refractivity contribution in [3.8, 4) is 0 Å². The standard InChI is InChI=1S/C32H37N5O5/c38-28(32(42)35-24-9-5-2-6-10-24)26(19-23-14-16-34-29(23)39)36-31(41)27(17-20-7-3-1-4-8-20)37-30(40)22-11-12-25-21(18-22)13-15-33-25/h1,3-4,7-8,11-13,15,18,23-24,26-27,33H,2,5-6,9-10,14,16-17,19H2,(H,34,39)(H,35,42)(H,36,41)(H,37,40)/t23-,26-,27-/m0/s1. The Kier molecular flexibility index (Phi) is 9.31. The number of Topliss-reactive ketones (excluding diaryl/α,β-unsaturated/α-hetero) is 1. The average molecular weight is 572 g/mol. The van der Waals surface area contributed by atoms with Crippen LogP contribution in [-0.4, -0.2) is 59.1 Å². The molecular formula is C32H37N5O5. The van der Waals surface area contributed by atoms with Gasteiger partial charge >= 0.3 is 0 Å². The molecule has 10 nitrogen and oxygen atoms in total. The number of carbonyl (C=O) groups excluding carboxylic acids is 5. The molecular weight excluding hydrogens is 534 g/mol. The van der Waals surface area contributed by atoms with E-state index in [0.717, 1.165) is 48.6 Å². The van der Waals surface area contributed by atoms with E-state index in [4.69, 9.17) is 0 Å². The van der Waals surface area contributed by atoms with Gasteiger partial charge in [0.15, 0.2) is 0 Å². The van der Waals surface area contributed by atoms with Crippen LogP contribution >= 0.6 is 0 Å². The van der Waals surface area contributed by atoms with E-state index in [-0.39, 0.29) is 24.8 Å².